The van der Waals surface area contributed by atoms with E-state index in [1.165, 1.54) is 0 Å². The smallest absolute Gasteiger partial charge is 0.240 e. The quantitative estimate of drug-likeness (QED) is 0.588. The number of aliphatic hydroxyl groups is 1. The van der Waals surface area contributed by atoms with Crippen LogP contribution in [0.4, 0.5) is 0 Å². The minimum atomic E-state index is -0.618. The van der Waals surface area contributed by atoms with Crippen LogP contribution in [0.2, 0.25) is 0 Å². The molecule has 0 aromatic carbocycles. The highest BCUT2D eigenvalue weighted by molar-refractivity contribution is 5.82. The molecule has 4 heteroatoms. The van der Waals surface area contributed by atoms with Crippen LogP contribution in [-0.2, 0) is 4.79 Å². The number of carbonyl (C=O) groups excluding carboxylic acids is 1. The zero-order chi connectivity index (χ0) is 10.6. The third kappa shape index (κ3) is 2.25. The number of rotatable bonds is 3. The Morgan fingerprint density at radius 1 is 1.79 bits per heavy atom. The van der Waals surface area contributed by atoms with Crippen molar-refractivity contribution >= 4 is 5.91 Å². The summed E-state index contributed by atoms with van der Waals surface area (Å²) in [4.78, 5) is 13.3. The van der Waals surface area contributed by atoms with Gasteiger partial charge in [-0.3, -0.25) is 4.79 Å². The summed E-state index contributed by atoms with van der Waals surface area (Å²) in [5.41, 5.74) is 5.61. The van der Waals surface area contributed by atoms with E-state index in [-0.39, 0.29) is 25.0 Å². The number of amides is 1. The van der Waals surface area contributed by atoms with Crippen LogP contribution in [0.15, 0.2) is 0 Å². The largest absolute Gasteiger partial charge is 0.394 e. The summed E-state index contributed by atoms with van der Waals surface area (Å²) in [6, 6.07) is -0.682. The van der Waals surface area contributed by atoms with Crippen LogP contribution >= 0.6 is 0 Å². The van der Waals surface area contributed by atoms with Gasteiger partial charge in [-0.05, 0) is 12.8 Å². The Morgan fingerprint density at radius 3 is 3.07 bits per heavy atom. The van der Waals surface area contributed by atoms with Gasteiger partial charge in [0.25, 0.3) is 0 Å². The van der Waals surface area contributed by atoms with Crippen molar-refractivity contribution in [2.24, 2.45) is 5.73 Å². The lowest BCUT2D eigenvalue weighted by Gasteiger charge is -2.25. The average molecular weight is 196 g/mol. The Kier molecular flexibility index (Phi) is 3.93. The van der Waals surface area contributed by atoms with Crippen LogP contribution in [0.5, 0.6) is 0 Å². The molecule has 2 atom stereocenters. The molecule has 1 saturated heterocycles. The predicted octanol–water partition coefficient (Wildman–Crippen LogP) is -0.680. The molecule has 4 nitrogen and oxygen atoms in total. The van der Waals surface area contributed by atoms with Crippen LogP contribution in [0.3, 0.4) is 0 Å². The van der Waals surface area contributed by atoms with E-state index in [1.807, 2.05) is 0 Å². The normalized spacial score (nSPS) is 23.2. The van der Waals surface area contributed by atoms with E-state index in [9.17, 15) is 4.79 Å². The van der Waals surface area contributed by atoms with Gasteiger partial charge >= 0.3 is 0 Å². The molecule has 1 unspecified atom stereocenters. The molecular weight excluding hydrogens is 180 g/mol. The Bertz CT molecular complexity index is 247. The average Bonchev–Trinajstić information content (AvgIpc) is 2.64. The summed E-state index contributed by atoms with van der Waals surface area (Å²) in [6.07, 6.45) is 7.12. The third-order valence-electron chi connectivity index (χ3n) is 2.53. The van der Waals surface area contributed by atoms with Crippen molar-refractivity contribution < 1.29 is 9.90 Å². The molecule has 0 bridgehead atoms. The van der Waals surface area contributed by atoms with E-state index in [0.717, 1.165) is 12.8 Å². The second-order valence-corrected chi connectivity index (χ2v) is 3.52. The summed E-state index contributed by atoms with van der Waals surface area (Å²) in [7, 11) is 0. The van der Waals surface area contributed by atoms with Crippen molar-refractivity contribution in [3.05, 3.63) is 0 Å². The zero-order valence-electron chi connectivity index (χ0n) is 8.15. The molecule has 14 heavy (non-hydrogen) atoms. The first kappa shape index (κ1) is 11.0. The van der Waals surface area contributed by atoms with E-state index >= 15 is 0 Å². The summed E-state index contributed by atoms with van der Waals surface area (Å²) in [5.74, 6) is 2.23. The molecule has 1 aliphatic rings. The molecule has 0 aromatic heterocycles. The molecule has 3 N–H and O–H groups in total. The molecule has 0 aliphatic carbocycles. The molecule has 0 aromatic rings. The maximum Gasteiger partial charge on any atom is 0.240 e. The molecule has 0 saturated carbocycles. The van der Waals surface area contributed by atoms with E-state index in [4.69, 9.17) is 17.3 Å². The van der Waals surface area contributed by atoms with Gasteiger partial charge in [0.15, 0.2) is 0 Å². The van der Waals surface area contributed by atoms with E-state index in [1.54, 1.807) is 4.90 Å². The van der Waals surface area contributed by atoms with Crippen LogP contribution in [0.25, 0.3) is 0 Å². The van der Waals surface area contributed by atoms with Crippen molar-refractivity contribution in [2.75, 3.05) is 13.2 Å². The number of aliphatic hydroxyl groups excluding tert-OH is 1. The van der Waals surface area contributed by atoms with Gasteiger partial charge in [-0.2, -0.15) is 0 Å². The molecular formula is C10H16N2O2. The van der Waals surface area contributed by atoms with Crippen LogP contribution in [0.1, 0.15) is 19.3 Å². The Balaban J connectivity index is 2.55. The molecule has 0 radical (unpaired) electrons. The second kappa shape index (κ2) is 4.99. The van der Waals surface area contributed by atoms with Crippen molar-refractivity contribution in [1.82, 2.24) is 4.90 Å². The number of hydrogen-bond acceptors (Lipinski definition) is 3. The van der Waals surface area contributed by atoms with E-state index in [2.05, 4.69) is 5.92 Å². The van der Waals surface area contributed by atoms with Crippen molar-refractivity contribution in [1.29, 1.82) is 0 Å². The highest BCUT2D eigenvalue weighted by atomic mass is 16.3. The number of nitrogens with zero attached hydrogens (tertiary/aromatic N) is 1. The number of terminal acetylenes is 1. The number of hydrogen-bond donors (Lipinski definition) is 2. The molecule has 1 rings (SSSR count). The Morgan fingerprint density at radius 2 is 2.50 bits per heavy atom. The molecule has 1 amide bonds. The topological polar surface area (TPSA) is 66.6 Å². The number of likely N-dealkylation sites (tertiary alicyclic amines) is 1. The van der Waals surface area contributed by atoms with Crippen LogP contribution < -0.4 is 5.73 Å². The van der Waals surface area contributed by atoms with E-state index in [0.29, 0.717) is 6.54 Å². The molecule has 1 aliphatic heterocycles. The van der Waals surface area contributed by atoms with E-state index < -0.39 is 6.04 Å². The van der Waals surface area contributed by atoms with Gasteiger partial charge in [0.05, 0.1) is 18.7 Å². The fraction of sp³-hybridized carbons (Fsp3) is 0.700. The van der Waals surface area contributed by atoms with Crippen LogP contribution in [-0.4, -0.2) is 41.1 Å². The lowest BCUT2D eigenvalue weighted by atomic mass is 10.2. The standard InChI is InChI=1S/C10H16N2O2/c1-2-4-9(11)10(14)12-6-3-5-8(12)7-13/h1,8-9,13H,3-7,11H2/t8-,9?/m1/s1. The van der Waals surface area contributed by atoms with Gasteiger partial charge in [-0.15, -0.1) is 12.3 Å². The maximum absolute atomic E-state index is 11.7. The lowest BCUT2D eigenvalue weighted by Crippen LogP contribution is -2.46. The molecule has 0 spiro atoms. The van der Waals surface area contributed by atoms with Crippen molar-refractivity contribution in [2.45, 2.75) is 31.3 Å². The molecule has 1 heterocycles. The first-order valence-corrected chi connectivity index (χ1v) is 4.81. The first-order valence-electron chi connectivity index (χ1n) is 4.81. The van der Waals surface area contributed by atoms with Gasteiger partial charge in [0.2, 0.25) is 5.91 Å². The Labute approximate surface area is 84.1 Å². The minimum absolute atomic E-state index is 0.00845. The van der Waals surface area contributed by atoms with Gasteiger partial charge in [0.1, 0.15) is 0 Å². The summed E-state index contributed by atoms with van der Waals surface area (Å²) >= 11 is 0. The fourth-order valence-corrected chi connectivity index (χ4v) is 1.74. The predicted molar refractivity (Wildman–Crippen MR) is 53.2 cm³/mol. The van der Waals surface area contributed by atoms with Gasteiger partial charge in [0, 0.05) is 13.0 Å². The summed E-state index contributed by atoms with van der Waals surface area (Å²) < 4.78 is 0. The van der Waals surface area contributed by atoms with Gasteiger partial charge in [-0.1, -0.05) is 0 Å². The molecule has 1 fully saturated rings. The summed E-state index contributed by atoms with van der Waals surface area (Å²) in [6.45, 7) is 0.691. The maximum atomic E-state index is 11.7. The SMILES string of the molecule is C#CCC(N)C(=O)N1CCC[C@@H]1CO. The number of nitrogens with two attached hydrogens (primary N) is 1. The van der Waals surface area contributed by atoms with Gasteiger partial charge in [-0.25, -0.2) is 0 Å². The Hall–Kier alpha value is -1.05. The zero-order valence-corrected chi connectivity index (χ0v) is 8.15. The van der Waals surface area contributed by atoms with Gasteiger partial charge < -0.3 is 15.7 Å². The highest BCUT2D eigenvalue weighted by Crippen LogP contribution is 2.17. The van der Waals surface area contributed by atoms with Crippen molar-refractivity contribution in [3.63, 3.8) is 0 Å². The summed E-state index contributed by atoms with van der Waals surface area (Å²) in [5, 5.41) is 9.02. The minimum Gasteiger partial charge on any atom is -0.394 e. The third-order valence-corrected chi connectivity index (χ3v) is 2.53. The number of carbonyl (C=O) groups is 1. The second-order valence-electron chi connectivity index (χ2n) is 3.52. The monoisotopic (exact) mass is 196 g/mol. The van der Waals surface area contributed by atoms with Crippen molar-refractivity contribution in [3.8, 4) is 12.3 Å². The van der Waals surface area contributed by atoms with Crippen LogP contribution in [0, 0.1) is 12.3 Å². The lowest BCUT2D eigenvalue weighted by molar-refractivity contribution is -0.134. The highest BCUT2D eigenvalue weighted by Gasteiger charge is 2.30. The first-order chi connectivity index (χ1) is 6.70. The fourth-order valence-electron chi connectivity index (χ4n) is 1.74. The molecule has 78 valence electrons.